The summed E-state index contributed by atoms with van der Waals surface area (Å²) in [4.78, 5) is 14.4. The second-order valence-corrected chi connectivity index (χ2v) is 9.70. The molecular formula is C24H34N5O+. The first-order valence-electron chi connectivity index (χ1n) is 11.8. The molecule has 160 valence electrons. The average molecular weight is 409 g/mol. The summed E-state index contributed by atoms with van der Waals surface area (Å²) in [6.07, 6.45) is 12.4. The quantitative estimate of drug-likeness (QED) is 0.771. The van der Waals surface area contributed by atoms with Crippen LogP contribution in [0.5, 0.6) is 0 Å². The van der Waals surface area contributed by atoms with Crippen LogP contribution in [0.2, 0.25) is 0 Å². The summed E-state index contributed by atoms with van der Waals surface area (Å²) in [6.45, 7) is 3.04. The van der Waals surface area contributed by atoms with E-state index in [1.165, 1.54) is 38.6 Å². The summed E-state index contributed by atoms with van der Waals surface area (Å²) in [6, 6.07) is 10.4. The molecular weight excluding hydrogens is 374 g/mol. The number of carbonyl (C=O) groups excluding carboxylic acids is 1. The topological polar surface area (TPSA) is 64.2 Å². The van der Waals surface area contributed by atoms with Crippen molar-refractivity contribution in [1.29, 1.82) is 0 Å². The molecule has 4 heterocycles. The highest BCUT2D eigenvalue weighted by Gasteiger charge is 2.46. The number of aromatic nitrogens is 3. The summed E-state index contributed by atoms with van der Waals surface area (Å²) in [7, 11) is 0. The minimum Gasteiger partial charge on any atom is -0.330 e. The van der Waals surface area contributed by atoms with E-state index in [-0.39, 0.29) is 11.8 Å². The highest BCUT2D eigenvalue weighted by molar-refractivity contribution is 5.92. The third kappa shape index (κ3) is 4.43. The van der Waals surface area contributed by atoms with Crippen LogP contribution in [0.25, 0.3) is 0 Å². The molecule has 1 aromatic heterocycles. The van der Waals surface area contributed by atoms with Gasteiger partial charge in [-0.15, -0.1) is 5.10 Å². The fraction of sp³-hybridized carbons (Fsp3) is 0.625. The number of para-hydroxylation sites is 1. The number of amides is 1. The van der Waals surface area contributed by atoms with Gasteiger partial charge >= 0.3 is 0 Å². The second-order valence-electron chi connectivity index (χ2n) is 9.70. The maximum atomic E-state index is 12.9. The Morgan fingerprint density at radius 1 is 1.13 bits per heavy atom. The van der Waals surface area contributed by atoms with Gasteiger partial charge < -0.3 is 10.2 Å². The molecule has 4 aliphatic rings. The summed E-state index contributed by atoms with van der Waals surface area (Å²) in [5.74, 6) is 1.61. The zero-order chi connectivity index (χ0) is 20.3. The predicted octanol–water partition coefficient (Wildman–Crippen LogP) is 2.33. The van der Waals surface area contributed by atoms with Crippen LogP contribution < -0.4 is 10.2 Å². The van der Waals surface area contributed by atoms with E-state index in [9.17, 15) is 4.79 Å². The van der Waals surface area contributed by atoms with Crippen LogP contribution in [0.15, 0.2) is 36.5 Å². The summed E-state index contributed by atoms with van der Waals surface area (Å²) >= 11 is 0. The van der Waals surface area contributed by atoms with Crippen LogP contribution in [0, 0.1) is 17.8 Å². The maximum absolute atomic E-state index is 12.9. The number of quaternary nitrogens is 1. The Balaban J connectivity index is 1.16. The van der Waals surface area contributed by atoms with Gasteiger partial charge in [-0.3, -0.25) is 4.79 Å². The number of anilines is 1. The van der Waals surface area contributed by atoms with Crippen molar-refractivity contribution in [3.05, 3.63) is 42.2 Å². The molecule has 2 bridgehead atoms. The molecule has 0 radical (unpaired) electrons. The maximum Gasteiger partial charge on any atom is 0.233 e. The van der Waals surface area contributed by atoms with Gasteiger partial charge in [0.1, 0.15) is 6.04 Å². The molecule has 1 saturated carbocycles. The number of benzene rings is 1. The Hall–Kier alpha value is -2.21. The molecule has 30 heavy (non-hydrogen) atoms. The minimum absolute atomic E-state index is 0.128. The molecule has 2 aromatic rings. The van der Waals surface area contributed by atoms with Gasteiger partial charge in [0.05, 0.1) is 31.2 Å². The van der Waals surface area contributed by atoms with Gasteiger partial charge in [0.2, 0.25) is 5.91 Å². The highest BCUT2D eigenvalue weighted by atomic mass is 16.2. The largest absolute Gasteiger partial charge is 0.330 e. The van der Waals surface area contributed by atoms with Crippen molar-refractivity contribution in [3.8, 4) is 0 Å². The molecule has 1 aliphatic carbocycles. The van der Waals surface area contributed by atoms with E-state index < -0.39 is 0 Å². The lowest BCUT2D eigenvalue weighted by molar-refractivity contribution is -0.945. The van der Waals surface area contributed by atoms with Crippen LogP contribution in [-0.2, 0) is 17.8 Å². The molecule has 1 aromatic carbocycles. The van der Waals surface area contributed by atoms with Crippen molar-refractivity contribution in [1.82, 2.24) is 15.0 Å². The third-order valence-electron chi connectivity index (χ3n) is 7.65. The summed E-state index contributed by atoms with van der Waals surface area (Å²) in [5, 5.41) is 12.0. The van der Waals surface area contributed by atoms with Crippen molar-refractivity contribution < 1.29 is 9.69 Å². The van der Waals surface area contributed by atoms with Gasteiger partial charge in [-0.1, -0.05) is 55.5 Å². The lowest BCUT2D eigenvalue weighted by Crippen LogP contribution is -3.20. The molecule has 4 atom stereocenters. The molecule has 2 N–H and O–H groups in total. The fourth-order valence-corrected chi connectivity index (χ4v) is 6.01. The van der Waals surface area contributed by atoms with Crippen molar-refractivity contribution in [2.24, 2.45) is 17.8 Å². The first-order chi connectivity index (χ1) is 14.7. The molecule has 3 saturated heterocycles. The Kier molecular flexibility index (Phi) is 5.84. The van der Waals surface area contributed by atoms with Gasteiger partial charge in [0, 0.05) is 24.7 Å². The van der Waals surface area contributed by atoms with E-state index in [2.05, 4.69) is 26.5 Å². The highest BCUT2D eigenvalue weighted by Crippen LogP contribution is 2.29. The standard InChI is InChI=1S/C24H33N5O/c30-24(25-20-9-5-2-6-10-20)23-17-28-12-11-19(23)14-22(28)16-29-15-21(26-27-29)13-18-7-3-1-4-8-18/h2,5-6,9-10,15,18-19,22-23H,1,3-4,7-8,11-14,16-17H2,(H,25,30)/p+1/t19-,22+,23-/m0/s1. The van der Waals surface area contributed by atoms with Crippen LogP contribution in [-0.4, -0.2) is 40.0 Å². The van der Waals surface area contributed by atoms with Crippen LogP contribution in [0.3, 0.4) is 0 Å². The Bertz CT molecular complexity index is 844. The SMILES string of the molecule is O=C(Nc1ccccc1)[C@H]1C[NH+]2CC[C@H]1C[C@@H]2Cn1cc(CC2CCCCC2)nn1. The van der Waals surface area contributed by atoms with Gasteiger partial charge in [0.15, 0.2) is 0 Å². The summed E-state index contributed by atoms with van der Waals surface area (Å²) < 4.78 is 2.07. The zero-order valence-electron chi connectivity index (χ0n) is 17.8. The monoisotopic (exact) mass is 408 g/mol. The normalized spacial score (nSPS) is 29.1. The number of piperidine rings is 3. The predicted molar refractivity (Wildman–Crippen MR) is 116 cm³/mol. The number of rotatable bonds is 6. The average Bonchev–Trinajstić information content (AvgIpc) is 3.22. The van der Waals surface area contributed by atoms with Gasteiger partial charge in [-0.2, -0.15) is 0 Å². The Morgan fingerprint density at radius 3 is 2.73 bits per heavy atom. The molecule has 1 amide bonds. The van der Waals surface area contributed by atoms with E-state index in [1.54, 1.807) is 4.90 Å². The van der Waals surface area contributed by atoms with Crippen LogP contribution in [0.4, 0.5) is 5.69 Å². The van der Waals surface area contributed by atoms with Gasteiger partial charge in [-0.25, -0.2) is 4.68 Å². The first-order valence-corrected chi connectivity index (χ1v) is 11.8. The first kappa shape index (κ1) is 19.7. The number of nitrogens with one attached hydrogen (secondary N) is 2. The molecule has 6 nitrogen and oxygen atoms in total. The van der Waals surface area contributed by atoms with E-state index in [0.29, 0.717) is 12.0 Å². The van der Waals surface area contributed by atoms with E-state index >= 15 is 0 Å². The lowest BCUT2D eigenvalue weighted by atomic mass is 9.75. The smallest absolute Gasteiger partial charge is 0.233 e. The Morgan fingerprint density at radius 2 is 1.97 bits per heavy atom. The fourth-order valence-electron chi connectivity index (χ4n) is 6.01. The molecule has 1 unspecified atom stereocenters. The van der Waals surface area contributed by atoms with Gasteiger partial charge in [0.25, 0.3) is 0 Å². The molecule has 6 heteroatoms. The zero-order valence-corrected chi connectivity index (χ0v) is 17.8. The molecule has 6 rings (SSSR count). The molecule has 0 spiro atoms. The number of fused-ring (bicyclic) bond motifs is 3. The van der Waals surface area contributed by atoms with Crippen molar-refractivity contribution in [2.45, 2.75) is 64.0 Å². The summed E-state index contributed by atoms with van der Waals surface area (Å²) in [5.41, 5.74) is 2.06. The number of carbonyl (C=O) groups is 1. The van der Waals surface area contributed by atoms with Crippen molar-refractivity contribution >= 4 is 11.6 Å². The number of hydrogen-bond acceptors (Lipinski definition) is 3. The minimum atomic E-state index is 0.128. The molecule has 4 fully saturated rings. The van der Waals surface area contributed by atoms with Crippen molar-refractivity contribution in [2.75, 3.05) is 18.4 Å². The van der Waals surface area contributed by atoms with Crippen LogP contribution >= 0.6 is 0 Å². The molecule has 3 aliphatic heterocycles. The number of hydrogen-bond donors (Lipinski definition) is 2. The van der Waals surface area contributed by atoms with Gasteiger partial charge in [-0.05, 0) is 30.4 Å². The second kappa shape index (κ2) is 8.88. The lowest BCUT2D eigenvalue weighted by Gasteiger charge is -2.46. The Labute approximate surface area is 179 Å². The van der Waals surface area contributed by atoms with E-state index in [0.717, 1.165) is 49.7 Å². The van der Waals surface area contributed by atoms with E-state index in [4.69, 9.17) is 0 Å². The van der Waals surface area contributed by atoms with E-state index in [1.807, 2.05) is 30.3 Å². The van der Waals surface area contributed by atoms with Crippen molar-refractivity contribution in [3.63, 3.8) is 0 Å². The van der Waals surface area contributed by atoms with Crippen LogP contribution in [0.1, 0.15) is 50.6 Å². The number of nitrogens with zero attached hydrogens (tertiary/aromatic N) is 3. The third-order valence-corrected chi connectivity index (χ3v) is 7.65.